The van der Waals surface area contributed by atoms with Crippen molar-refractivity contribution in [3.05, 3.63) is 42.2 Å². The number of ether oxygens (including phenoxy) is 1. The molecule has 1 aromatic heterocycles. The largest absolute Gasteiger partial charge is 0.492 e. The van der Waals surface area contributed by atoms with Crippen LogP contribution in [0.2, 0.25) is 0 Å². The molecule has 0 bridgehead atoms. The van der Waals surface area contributed by atoms with E-state index < -0.39 is 10.0 Å². The summed E-state index contributed by atoms with van der Waals surface area (Å²) in [6.45, 7) is 4.51. The van der Waals surface area contributed by atoms with Crippen LogP contribution in [-0.4, -0.2) is 44.6 Å². The first-order chi connectivity index (χ1) is 13.0. The summed E-state index contributed by atoms with van der Waals surface area (Å²) in [5.74, 6) is 1.16. The lowest BCUT2D eigenvalue weighted by molar-refractivity contribution is 0.111. The number of nitrogens with zero attached hydrogens (tertiary/aromatic N) is 3. The van der Waals surface area contributed by atoms with Gasteiger partial charge in [-0.1, -0.05) is 19.1 Å². The molecule has 0 radical (unpaired) electrons. The van der Waals surface area contributed by atoms with Gasteiger partial charge in [-0.25, -0.2) is 23.1 Å². The van der Waals surface area contributed by atoms with E-state index in [4.69, 9.17) is 4.74 Å². The Morgan fingerprint density at radius 1 is 1.19 bits per heavy atom. The van der Waals surface area contributed by atoms with Crippen LogP contribution in [0.4, 0.5) is 5.95 Å². The highest BCUT2D eigenvalue weighted by Gasteiger charge is 2.39. The van der Waals surface area contributed by atoms with Crippen molar-refractivity contribution in [2.45, 2.75) is 31.1 Å². The fourth-order valence-electron chi connectivity index (χ4n) is 3.60. The number of rotatable bonds is 2. The minimum absolute atomic E-state index is 0.210. The molecule has 4 rings (SSSR count). The molecular weight excluding hydrogens is 364 g/mol. The highest BCUT2D eigenvalue weighted by Crippen LogP contribution is 2.36. The molecule has 0 atom stereocenters. The number of hydrogen-bond donors (Lipinski definition) is 1. The van der Waals surface area contributed by atoms with Crippen molar-refractivity contribution in [3.8, 4) is 5.75 Å². The number of aryl methyl sites for hydroxylation is 1. The van der Waals surface area contributed by atoms with E-state index in [0.717, 1.165) is 43.9 Å². The van der Waals surface area contributed by atoms with Crippen LogP contribution in [0.25, 0.3) is 0 Å². The number of anilines is 1. The normalized spacial score (nSPS) is 21.0. The van der Waals surface area contributed by atoms with Crippen LogP contribution in [0.3, 0.4) is 0 Å². The lowest BCUT2D eigenvalue weighted by atomic mass is 9.79. The minimum Gasteiger partial charge on any atom is -0.492 e. The van der Waals surface area contributed by atoms with Gasteiger partial charge in [0.15, 0.2) is 0 Å². The summed E-state index contributed by atoms with van der Waals surface area (Å²) in [4.78, 5) is 11.3. The molecule has 0 aliphatic carbocycles. The van der Waals surface area contributed by atoms with E-state index in [-0.39, 0.29) is 10.3 Å². The van der Waals surface area contributed by atoms with Crippen molar-refractivity contribution < 1.29 is 13.2 Å². The topological polar surface area (TPSA) is 84.4 Å². The smallest absolute Gasteiger partial charge is 0.244 e. The highest BCUT2D eigenvalue weighted by molar-refractivity contribution is 7.89. The fraction of sp³-hybridized carbons (Fsp3) is 0.474. The predicted molar refractivity (Wildman–Crippen MR) is 102 cm³/mol. The molecular formula is C19H24N4O3S. The van der Waals surface area contributed by atoms with E-state index in [1.165, 1.54) is 0 Å². The van der Waals surface area contributed by atoms with Crippen LogP contribution >= 0.6 is 0 Å². The van der Waals surface area contributed by atoms with Gasteiger partial charge in [0.2, 0.25) is 16.0 Å². The maximum Gasteiger partial charge on any atom is 0.244 e. The number of nitrogens with one attached hydrogen (secondary N) is 1. The van der Waals surface area contributed by atoms with E-state index in [0.29, 0.717) is 18.9 Å². The van der Waals surface area contributed by atoms with E-state index in [9.17, 15) is 8.42 Å². The van der Waals surface area contributed by atoms with Gasteiger partial charge in [0, 0.05) is 37.4 Å². The molecule has 1 saturated heterocycles. The van der Waals surface area contributed by atoms with Gasteiger partial charge in [-0.05, 0) is 37.0 Å². The third-order valence-electron chi connectivity index (χ3n) is 5.52. The van der Waals surface area contributed by atoms with Gasteiger partial charge < -0.3 is 9.64 Å². The number of benzene rings is 1. The summed E-state index contributed by atoms with van der Waals surface area (Å²) in [6.07, 6.45) is 6.29. The molecule has 27 heavy (non-hydrogen) atoms. The van der Waals surface area contributed by atoms with Gasteiger partial charge in [0.25, 0.3) is 0 Å². The summed E-state index contributed by atoms with van der Waals surface area (Å²) in [5, 5.41) is 0. The Hall–Kier alpha value is -2.19. The summed E-state index contributed by atoms with van der Waals surface area (Å²) in [7, 11) is -3.56. The zero-order valence-corrected chi connectivity index (χ0v) is 16.2. The van der Waals surface area contributed by atoms with E-state index in [2.05, 4.69) is 26.5 Å². The summed E-state index contributed by atoms with van der Waals surface area (Å²) in [5.41, 5.74) is 0.897. The molecule has 0 unspecified atom stereocenters. The molecule has 1 fully saturated rings. The summed E-state index contributed by atoms with van der Waals surface area (Å²) in [6, 6.07) is 6.80. The van der Waals surface area contributed by atoms with Crippen molar-refractivity contribution in [2.24, 2.45) is 5.41 Å². The van der Waals surface area contributed by atoms with Crippen LogP contribution in [0.5, 0.6) is 5.75 Å². The molecule has 2 aromatic rings. The highest BCUT2D eigenvalue weighted by atomic mass is 32.2. The van der Waals surface area contributed by atoms with Gasteiger partial charge in [0.05, 0.1) is 6.61 Å². The Labute approximate surface area is 159 Å². The Morgan fingerprint density at radius 3 is 2.59 bits per heavy atom. The van der Waals surface area contributed by atoms with E-state index >= 15 is 0 Å². The first kappa shape index (κ1) is 18.2. The first-order valence-corrected chi connectivity index (χ1v) is 10.8. The fourth-order valence-corrected chi connectivity index (χ4v) is 4.90. The van der Waals surface area contributed by atoms with Crippen molar-refractivity contribution in [2.75, 3.05) is 31.1 Å². The first-order valence-electron chi connectivity index (χ1n) is 9.29. The minimum atomic E-state index is -3.56. The maximum atomic E-state index is 12.6. The monoisotopic (exact) mass is 388 g/mol. The van der Waals surface area contributed by atoms with Crippen molar-refractivity contribution >= 4 is 16.0 Å². The molecule has 8 heteroatoms. The molecule has 1 spiro atoms. The van der Waals surface area contributed by atoms with Gasteiger partial charge >= 0.3 is 0 Å². The number of fused-ring (bicyclic) bond motifs is 1. The van der Waals surface area contributed by atoms with Crippen molar-refractivity contribution in [3.63, 3.8) is 0 Å². The van der Waals surface area contributed by atoms with E-state index in [1.54, 1.807) is 24.3 Å². The quantitative estimate of drug-likeness (QED) is 0.847. The van der Waals surface area contributed by atoms with Crippen LogP contribution in [0.1, 0.15) is 25.3 Å². The molecule has 1 aromatic carbocycles. The standard InChI is InChI=1S/C19H24N4O3S/c1-2-15-11-20-18(21-12-15)23-9-7-19(8-10-23)13-22-27(24,25)17-6-4-3-5-16(17)26-14-19/h3-6,11-12,22H,2,7-10,13-14H2,1H3. The predicted octanol–water partition coefficient (Wildman–Crippen LogP) is 2.00. The molecule has 0 saturated carbocycles. The lowest BCUT2D eigenvalue weighted by Gasteiger charge is -2.42. The molecule has 1 N–H and O–H groups in total. The number of aromatic nitrogens is 2. The summed E-state index contributed by atoms with van der Waals surface area (Å²) >= 11 is 0. The van der Waals surface area contributed by atoms with Crippen LogP contribution < -0.4 is 14.4 Å². The van der Waals surface area contributed by atoms with E-state index in [1.807, 2.05) is 12.4 Å². The summed E-state index contributed by atoms with van der Waals surface area (Å²) < 4.78 is 33.9. The van der Waals surface area contributed by atoms with Gasteiger partial charge in [-0.15, -0.1) is 0 Å². The van der Waals surface area contributed by atoms with Crippen LogP contribution in [0.15, 0.2) is 41.6 Å². The molecule has 2 aliphatic heterocycles. The number of hydrogen-bond acceptors (Lipinski definition) is 6. The molecule has 3 heterocycles. The third-order valence-corrected chi connectivity index (χ3v) is 6.96. The lowest BCUT2D eigenvalue weighted by Crippen LogP contribution is -2.50. The Morgan fingerprint density at radius 2 is 1.89 bits per heavy atom. The third kappa shape index (κ3) is 3.64. The number of sulfonamides is 1. The molecule has 2 aliphatic rings. The molecule has 144 valence electrons. The van der Waals surface area contributed by atoms with Crippen LogP contribution in [-0.2, 0) is 16.4 Å². The van der Waals surface area contributed by atoms with Crippen molar-refractivity contribution in [1.82, 2.24) is 14.7 Å². The number of piperidine rings is 1. The number of para-hydroxylation sites is 1. The second-order valence-corrected chi connectivity index (χ2v) is 9.03. The zero-order valence-electron chi connectivity index (χ0n) is 15.4. The van der Waals surface area contributed by atoms with Gasteiger partial charge in [0.1, 0.15) is 10.6 Å². The average Bonchev–Trinajstić information content (AvgIpc) is 2.71. The zero-order chi connectivity index (χ0) is 18.9. The Bertz CT molecular complexity index is 907. The Kier molecular flexibility index (Phi) is 4.77. The maximum absolute atomic E-state index is 12.6. The Balaban J connectivity index is 1.49. The molecule has 7 nitrogen and oxygen atoms in total. The SMILES string of the molecule is CCc1cnc(N2CCC3(CC2)CNS(=O)(=O)c2ccccc2OC3)nc1. The average molecular weight is 388 g/mol. The van der Waals surface area contributed by atoms with Crippen LogP contribution in [0, 0.1) is 5.41 Å². The van der Waals surface area contributed by atoms with Gasteiger partial charge in [-0.2, -0.15) is 0 Å². The van der Waals surface area contributed by atoms with Gasteiger partial charge in [-0.3, -0.25) is 0 Å². The second kappa shape index (κ2) is 7.09. The second-order valence-electron chi connectivity index (χ2n) is 7.29. The van der Waals surface area contributed by atoms with Crippen molar-refractivity contribution in [1.29, 1.82) is 0 Å². The molecule has 0 amide bonds.